The molecule has 0 unspecified atom stereocenters. The maximum atomic E-state index is 13.0. The van der Waals surface area contributed by atoms with Gasteiger partial charge in [-0.05, 0) is 35.9 Å². The first kappa shape index (κ1) is 15.8. The lowest BCUT2D eigenvalue weighted by Crippen LogP contribution is -2.25. The summed E-state index contributed by atoms with van der Waals surface area (Å²) < 4.78 is 33.2. The largest absolute Gasteiger partial charge is 0.464 e. The maximum absolute atomic E-state index is 13.0. The van der Waals surface area contributed by atoms with Crippen molar-refractivity contribution in [3.05, 3.63) is 60.1 Å². The molecule has 0 radical (unpaired) electrons. The van der Waals surface area contributed by atoms with E-state index in [1.807, 2.05) is 43.7 Å². The van der Waals surface area contributed by atoms with Gasteiger partial charge in [-0.2, -0.15) is 5.10 Å². The first-order valence-corrected chi connectivity index (χ1v) is 10.2. The molecule has 2 atom stereocenters. The SMILES string of the molecule is Cn1cc(CN2C[C@@H]3[C@@H](C2)c2cc(-c4ccco4)ccc2S3(=O)=O)cn1. The number of rotatable bonds is 3. The van der Waals surface area contributed by atoms with Crippen molar-refractivity contribution < 1.29 is 12.8 Å². The second kappa shape index (κ2) is 5.56. The molecule has 6 nitrogen and oxygen atoms in total. The molecule has 1 aromatic carbocycles. The van der Waals surface area contributed by atoms with Crippen molar-refractivity contribution >= 4 is 9.84 Å². The van der Waals surface area contributed by atoms with Crippen LogP contribution in [0.5, 0.6) is 0 Å². The molecule has 7 heteroatoms. The molecule has 1 saturated heterocycles. The van der Waals surface area contributed by atoms with E-state index in [0.717, 1.165) is 35.5 Å². The number of nitrogens with zero attached hydrogens (tertiary/aromatic N) is 3. The lowest BCUT2D eigenvalue weighted by atomic mass is 9.96. The van der Waals surface area contributed by atoms with Gasteiger partial charge in [0, 0.05) is 49.9 Å². The van der Waals surface area contributed by atoms with Crippen molar-refractivity contribution in [2.24, 2.45) is 7.05 Å². The fourth-order valence-corrected chi connectivity index (χ4v) is 6.46. The molecule has 3 aromatic rings. The number of hydrogen-bond donors (Lipinski definition) is 0. The zero-order valence-corrected chi connectivity index (χ0v) is 15.2. The topological polar surface area (TPSA) is 68.3 Å². The average molecular weight is 369 g/mol. The lowest BCUT2D eigenvalue weighted by Gasteiger charge is -2.16. The molecule has 4 heterocycles. The molecule has 0 amide bonds. The number of aromatic nitrogens is 2. The van der Waals surface area contributed by atoms with Crippen LogP contribution < -0.4 is 0 Å². The first-order valence-electron chi connectivity index (χ1n) is 8.64. The normalized spacial score (nSPS) is 23.9. The molecule has 2 aromatic heterocycles. The van der Waals surface area contributed by atoms with Gasteiger partial charge < -0.3 is 4.42 Å². The third kappa shape index (κ3) is 2.34. The summed E-state index contributed by atoms with van der Waals surface area (Å²) >= 11 is 0. The van der Waals surface area contributed by atoms with Crippen LogP contribution in [0.25, 0.3) is 11.3 Å². The monoisotopic (exact) mass is 369 g/mol. The van der Waals surface area contributed by atoms with E-state index in [1.54, 1.807) is 17.0 Å². The van der Waals surface area contributed by atoms with E-state index in [4.69, 9.17) is 4.42 Å². The van der Waals surface area contributed by atoms with Gasteiger partial charge in [-0.15, -0.1) is 0 Å². The van der Waals surface area contributed by atoms with Crippen LogP contribution in [0.15, 0.2) is 58.3 Å². The van der Waals surface area contributed by atoms with E-state index >= 15 is 0 Å². The minimum atomic E-state index is -3.28. The van der Waals surface area contributed by atoms with E-state index in [9.17, 15) is 8.42 Å². The van der Waals surface area contributed by atoms with Crippen molar-refractivity contribution in [3.8, 4) is 11.3 Å². The standard InChI is InChI=1S/C19H19N3O3S/c1-21-9-13(8-20-21)10-22-11-16-15-7-14(17-3-2-6-25-17)4-5-18(15)26(23,24)19(16)12-22/h2-9,16,19H,10-12H2,1H3/t16-,19+/m0/s1. The highest BCUT2D eigenvalue weighted by atomic mass is 32.2. The van der Waals surface area contributed by atoms with E-state index in [2.05, 4.69) is 10.00 Å². The Labute approximate surface area is 152 Å². The predicted octanol–water partition coefficient (Wildman–Crippen LogP) is 2.44. The van der Waals surface area contributed by atoms with Crippen LogP contribution in [-0.2, 0) is 23.4 Å². The summed E-state index contributed by atoms with van der Waals surface area (Å²) in [6.07, 6.45) is 5.45. The van der Waals surface area contributed by atoms with Gasteiger partial charge in [0.05, 0.1) is 22.6 Å². The van der Waals surface area contributed by atoms with Crippen LogP contribution >= 0.6 is 0 Å². The Morgan fingerprint density at radius 1 is 1.27 bits per heavy atom. The van der Waals surface area contributed by atoms with Crippen LogP contribution in [-0.4, -0.2) is 41.4 Å². The van der Waals surface area contributed by atoms with Gasteiger partial charge in [0.15, 0.2) is 9.84 Å². The van der Waals surface area contributed by atoms with Gasteiger partial charge in [-0.1, -0.05) is 0 Å². The fourth-order valence-electron chi connectivity index (χ4n) is 4.26. The van der Waals surface area contributed by atoms with Gasteiger partial charge in [-0.25, -0.2) is 8.42 Å². The van der Waals surface area contributed by atoms with Gasteiger partial charge in [0.1, 0.15) is 5.76 Å². The Morgan fingerprint density at radius 3 is 2.88 bits per heavy atom. The summed E-state index contributed by atoms with van der Waals surface area (Å²) in [4.78, 5) is 2.70. The van der Waals surface area contributed by atoms with Gasteiger partial charge in [-0.3, -0.25) is 9.58 Å². The Bertz CT molecular complexity index is 1070. The first-order chi connectivity index (χ1) is 12.5. The van der Waals surface area contributed by atoms with Crippen molar-refractivity contribution in [2.75, 3.05) is 13.1 Å². The van der Waals surface area contributed by atoms with E-state index < -0.39 is 9.84 Å². The average Bonchev–Trinajstić information content (AvgIpc) is 3.37. The summed E-state index contributed by atoms with van der Waals surface area (Å²) in [7, 11) is -1.39. The molecule has 134 valence electrons. The Morgan fingerprint density at radius 2 is 2.15 bits per heavy atom. The molecule has 0 saturated carbocycles. The predicted molar refractivity (Wildman–Crippen MR) is 96.3 cm³/mol. The van der Waals surface area contributed by atoms with E-state index in [0.29, 0.717) is 11.4 Å². The highest BCUT2D eigenvalue weighted by Crippen LogP contribution is 2.46. The van der Waals surface area contributed by atoms with Crippen LogP contribution in [0, 0.1) is 0 Å². The maximum Gasteiger partial charge on any atom is 0.183 e. The van der Waals surface area contributed by atoms with E-state index in [1.165, 1.54) is 0 Å². The minimum Gasteiger partial charge on any atom is -0.464 e. The molecule has 0 bridgehead atoms. The van der Waals surface area contributed by atoms with Gasteiger partial charge >= 0.3 is 0 Å². The molecule has 2 aliphatic rings. The summed E-state index contributed by atoms with van der Waals surface area (Å²) in [5, 5.41) is 3.84. The number of aryl methyl sites for hydroxylation is 1. The number of hydrogen-bond acceptors (Lipinski definition) is 5. The van der Waals surface area contributed by atoms with Crippen LogP contribution in [0.4, 0.5) is 0 Å². The Hall–Kier alpha value is -2.38. The van der Waals surface area contributed by atoms with E-state index in [-0.39, 0.29) is 11.2 Å². The summed E-state index contributed by atoms with van der Waals surface area (Å²) in [6.45, 7) is 2.03. The molecule has 0 aliphatic carbocycles. The van der Waals surface area contributed by atoms with Crippen molar-refractivity contribution in [3.63, 3.8) is 0 Å². The van der Waals surface area contributed by atoms with Gasteiger partial charge in [0.2, 0.25) is 0 Å². The second-order valence-electron chi connectivity index (χ2n) is 7.14. The molecule has 2 aliphatic heterocycles. The zero-order chi connectivity index (χ0) is 17.9. The number of benzene rings is 1. The van der Waals surface area contributed by atoms with Crippen molar-refractivity contribution in [1.29, 1.82) is 0 Å². The molecular formula is C19H19N3O3S. The zero-order valence-electron chi connectivity index (χ0n) is 14.4. The summed E-state index contributed by atoms with van der Waals surface area (Å²) in [5.41, 5.74) is 2.96. The van der Waals surface area contributed by atoms with Crippen molar-refractivity contribution in [2.45, 2.75) is 22.6 Å². The molecule has 26 heavy (non-hydrogen) atoms. The highest BCUT2D eigenvalue weighted by Gasteiger charge is 2.50. The fraction of sp³-hybridized carbons (Fsp3) is 0.316. The number of furan rings is 1. The minimum absolute atomic E-state index is 0.0154. The number of sulfone groups is 1. The van der Waals surface area contributed by atoms with Crippen LogP contribution in [0.3, 0.4) is 0 Å². The van der Waals surface area contributed by atoms with Gasteiger partial charge in [0.25, 0.3) is 0 Å². The number of likely N-dealkylation sites (tertiary alicyclic amines) is 1. The Balaban J connectivity index is 1.48. The molecular weight excluding hydrogens is 350 g/mol. The van der Waals surface area contributed by atoms with Crippen LogP contribution in [0.1, 0.15) is 17.0 Å². The quantitative estimate of drug-likeness (QED) is 0.709. The lowest BCUT2D eigenvalue weighted by molar-refractivity contribution is 0.325. The molecule has 0 spiro atoms. The number of fused-ring (bicyclic) bond motifs is 3. The molecule has 1 fully saturated rings. The summed E-state index contributed by atoms with van der Waals surface area (Å²) in [5.74, 6) is 0.778. The molecule has 0 N–H and O–H groups in total. The third-order valence-corrected chi connectivity index (χ3v) is 7.69. The Kier molecular flexibility index (Phi) is 3.39. The third-order valence-electron chi connectivity index (χ3n) is 5.43. The smallest absolute Gasteiger partial charge is 0.183 e. The summed E-state index contributed by atoms with van der Waals surface area (Å²) in [6, 6.07) is 9.30. The van der Waals surface area contributed by atoms with Crippen molar-refractivity contribution in [1.82, 2.24) is 14.7 Å². The highest BCUT2D eigenvalue weighted by molar-refractivity contribution is 7.92. The van der Waals surface area contributed by atoms with Crippen LogP contribution in [0.2, 0.25) is 0 Å². The second-order valence-corrected chi connectivity index (χ2v) is 9.27. The molecule has 5 rings (SSSR count).